The van der Waals surface area contributed by atoms with Crippen molar-refractivity contribution in [3.63, 3.8) is 0 Å². The second kappa shape index (κ2) is 7.64. The van der Waals surface area contributed by atoms with Gasteiger partial charge < -0.3 is 10.6 Å². The van der Waals surface area contributed by atoms with Crippen LogP contribution < -0.4 is 10.6 Å². The number of carbonyl (C=O) groups excluding carboxylic acids is 1. The summed E-state index contributed by atoms with van der Waals surface area (Å²) in [7, 11) is 0. The van der Waals surface area contributed by atoms with Crippen molar-refractivity contribution in [1.29, 1.82) is 0 Å². The highest BCUT2D eigenvalue weighted by Crippen LogP contribution is 2.46. The summed E-state index contributed by atoms with van der Waals surface area (Å²) in [6.45, 7) is 1.32. The summed E-state index contributed by atoms with van der Waals surface area (Å²) in [5, 5.41) is 0.994. The number of nitrogens with one attached hydrogen (secondary N) is 2. The highest BCUT2D eigenvalue weighted by molar-refractivity contribution is 6.30. The van der Waals surface area contributed by atoms with Gasteiger partial charge in [-0.1, -0.05) is 18.5 Å². The van der Waals surface area contributed by atoms with Crippen molar-refractivity contribution >= 4 is 23.2 Å². The van der Waals surface area contributed by atoms with E-state index >= 15 is 0 Å². The number of hydrogen-bond acceptors (Lipinski definition) is 2. The van der Waals surface area contributed by atoms with E-state index in [-0.39, 0.29) is 12.5 Å². The minimum Gasteiger partial charge on any atom is -0.347 e. The number of halogens is 10. The lowest BCUT2D eigenvalue weighted by Gasteiger charge is -2.39. The number of rotatable bonds is 5. The van der Waals surface area contributed by atoms with Gasteiger partial charge in [0.15, 0.2) is 0 Å². The first-order valence-corrected chi connectivity index (χ1v) is 7.52. The van der Waals surface area contributed by atoms with E-state index in [4.69, 9.17) is 11.6 Å². The Balaban J connectivity index is 3.62. The van der Waals surface area contributed by atoms with Gasteiger partial charge in [-0.2, -0.15) is 39.5 Å². The van der Waals surface area contributed by atoms with E-state index in [1.165, 1.54) is 6.92 Å². The second-order valence-corrected chi connectivity index (χ2v) is 5.79. The number of amides is 1. The maximum atomic E-state index is 13.4. The largest absolute Gasteiger partial charge is 0.439 e. The zero-order valence-corrected chi connectivity index (χ0v) is 14.1. The fourth-order valence-electron chi connectivity index (χ4n) is 2.04. The van der Waals surface area contributed by atoms with Crippen LogP contribution >= 0.6 is 11.6 Å². The summed E-state index contributed by atoms with van der Waals surface area (Å²) in [4.78, 5) is 11.5. The molecule has 0 unspecified atom stereocenters. The number of anilines is 1. The Morgan fingerprint density at radius 3 is 1.93 bits per heavy atom. The molecule has 3 nitrogen and oxygen atoms in total. The van der Waals surface area contributed by atoms with Crippen LogP contribution in [0, 0.1) is 0 Å². The van der Waals surface area contributed by atoms with Crippen LogP contribution in [0.5, 0.6) is 0 Å². The van der Waals surface area contributed by atoms with E-state index in [0.717, 1.165) is 10.6 Å². The molecule has 13 heteroatoms. The molecule has 0 fully saturated rings. The van der Waals surface area contributed by atoms with Gasteiger partial charge in [-0.05, 0) is 24.6 Å². The molecular formula is C14H12ClF9N2O. The van der Waals surface area contributed by atoms with Gasteiger partial charge in [0.1, 0.15) is 0 Å². The van der Waals surface area contributed by atoms with E-state index < -0.39 is 52.8 Å². The van der Waals surface area contributed by atoms with Crippen molar-refractivity contribution < 1.29 is 44.3 Å². The molecule has 1 aromatic rings. The minimum absolute atomic E-state index is 0.0909. The summed E-state index contributed by atoms with van der Waals surface area (Å²) >= 11 is 5.36. The van der Waals surface area contributed by atoms with Gasteiger partial charge in [-0.25, -0.2) is 0 Å². The highest BCUT2D eigenvalue weighted by atomic mass is 35.5. The van der Waals surface area contributed by atoms with Crippen molar-refractivity contribution in [2.24, 2.45) is 0 Å². The Labute approximate surface area is 151 Å². The van der Waals surface area contributed by atoms with Crippen LogP contribution in [-0.2, 0) is 11.0 Å². The van der Waals surface area contributed by atoms with Crippen molar-refractivity contribution in [3.8, 4) is 0 Å². The van der Waals surface area contributed by atoms with Crippen LogP contribution in [0.1, 0.15) is 25.3 Å². The van der Waals surface area contributed by atoms with Crippen molar-refractivity contribution in [3.05, 3.63) is 28.8 Å². The van der Waals surface area contributed by atoms with Gasteiger partial charge in [-0.3, -0.25) is 4.79 Å². The number of benzene rings is 1. The maximum absolute atomic E-state index is 13.4. The monoisotopic (exact) mass is 430 g/mol. The number of hydrogen-bond donors (Lipinski definition) is 2. The Hall–Kier alpha value is -1.85. The second-order valence-electron chi connectivity index (χ2n) is 5.36. The molecule has 1 rings (SSSR count). The molecule has 0 aromatic heterocycles. The quantitative estimate of drug-likeness (QED) is 0.478. The molecule has 1 aromatic carbocycles. The van der Waals surface area contributed by atoms with Crippen molar-refractivity contribution in [2.45, 2.75) is 44.0 Å². The van der Waals surface area contributed by atoms with Gasteiger partial charge in [-0.15, -0.1) is 0 Å². The topological polar surface area (TPSA) is 41.1 Å². The molecule has 0 radical (unpaired) electrons. The lowest BCUT2D eigenvalue weighted by molar-refractivity contribution is -0.296. The van der Waals surface area contributed by atoms with Crippen LogP contribution in [0.2, 0.25) is 5.02 Å². The molecule has 0 saturated heterocycles. The molecule has 0 bridgehead atoms. The van der Waals surface area contributed by atoms with Gasteiger partial charge in [0.25, 0.3) is 0 Å². The first kappa shape index (κ1) is 23.2. The van der Waals surface area contributed by atoms with E-state index in [0.29, 0.717) is 12.1 Å². The molecule has 154 valence electrons. The Kier molecular flexibility index (Phi) is 6.56. The first-order valence-electron chi connectivity index (χ1n) is 7.14. The Bertz CT molecular complexity index is 669. The van der Waals surface area contributed by atoms with Crippen molar-refractivity contribution in [2.75, 3.05) is 5.32 Å². The Morgan fingerprint density at radius 2 is 1.52 bits per heavy atom. The molecule has 0 atom stereocenters. The predicted molar refractivity (Wildman–Crippen MR) is 78.0 cm³/mol. The van der Waals surface area contributed by atoms with Crippen LogP contribution in [0.15, 0.2) is 18.2 Å². The van der Waals surface area contributed by atoms with Crippen LogP contribution in [0.3, 0.4) is 0 Å². The fraction of sp³-hybridized carbons (Fsp3) is 0.500. The lowest BCUT2D eigenvalue weighted by atomic mass is 10.1. The van der Waals surface area contributed by atoms with Gasteiger partial charge in [0, 0.05) is 17.1 Å². The third kappa shape index (κ3) is 5.11. The molecule has 2 N–H and O–H groups in total. The van der Waals surface area contributed by atoms with E-state index in [9.17, 15) is 44.3 Å². The van der Waals surface area contributed by atoms with Crippen molar-refractivity contribution in [1.82, 2.24) is 5.32 Å². The molecular weight excluding hydrogens is 419 g/mol. The third-order valence-corrected chi connectivity index (χ3v) is 3.50. The summed E-state index contributed by atoms with van der Waals surface area (Å²) < 4.78 is 119. The smallest absolute Gasteiger partial charge is 0.347 e. The van der Waals surface area contributed by atoms with E-state index in [1.54, 1.807) is 0 Å². The van der Waals surface area contributed by atoms with Gasteiger partial charge in [0.05, 0.1) is 5.56 Å². The average Bonchev–Trinajstić information content (AvgIpc) is 2.45. The normalized spacial score (nSPS) is 13.4. The summed E-state index contributed by atoms with van der Waals surface area (Å²) in [5.74, 6) is -1.65. The lowest BCUT2D eigenvalue weighted by Crippen LogP contribution is -2.72. The molecule has 0 aliphatic rings. The molecule has 0 aliphatic heterocycles. The molecule has 1 amide bonds. The SMILES string of the molecule is CCCC(=O)NC(Nc1ccc(Cl)cc1C(F)(F)F)(C(F)(F)F)C(F)(F)F. The molecule has 27 heavy (non-hydrogen) atoms. The number of carbonyl (C=O) groups is 1. The maximum Gasteiger partial charge on any atom is 0.439 e. The third-order valence-electron chi connectivity index (χ3n) is 3.26. The molecule has 0 heterocycles. The van der Waals surface area contributed by atoms with Crippen LogP contribution in [0.25, 0.3) is 0 Å². The number of alkyl halides is 9. The highest BCUT2D eigenvalue weighted by Gasteiger charge is 2.72. The van der Waals surface area contributed by atoms with E-state index in [2.05, 4.69) is 0 Å². The standard InChI is InChI=1S/C14H12ClF9N2O/c1-2-3-10(27)26-12(13(19,20)21,14(22,23)24)25-9-5-4-7(15)6-8(9)11(16,17)18/h4-6,25H,2-3H2,1H3,(H,26,27). The summed E-state index contributed by atoms with van der Waals surface area (Å²) in [5.41, 5.74) is -8.56. The van der Waals surface area contributed by atoms with Gasteiger partial charge >= 0.3 is 24.2 Å². The average molecular weight is 431 g/mol. The zero-order chi connectivity index (χ0) is 21.3. The minimum atomic E-state index is -6.23. The molecule has 0 aliphatic carbocycles. The van der Waals surface area contributed by atoms with Gasteiger partial charge in [0.2, 0.25) is 5.91 Å². The van der Waals surface area contributed by atoms with Crippen LogP contribution in [0.4, 0.5) is 45.2 Å². The fourth-order valence-corrected chi connectivity index (χ4v) is 2.21. The molecule has 0 saturated carbocycles. The van der Waals surface area contributed by atoms with Crippen LogP contribution in [-0.4, -0.2) is 23.9 Å². The predicted octanol–water partition coefficient (Wildman–Crippen LogP) is 5.51. The van der Waals surface area contributed by atoms with E-state index in [1.807, 2.05) is 0 Å². The summed E-state index contributed by atoms with van der Waals surface area (Å²) in [6, 6.07) is 1.14. The molecule has 0 spiro atoms. The Morgan fingerprint density at radius 1 is 1.00 bits per heavy atom. The first-order chi connectivity index (χ1) is 12.0. The summed E-state index contributed by atoms with van der Waals surface area (Å²) in [6.07, 6.45) is -18.6. The zero-order valence-electron chi connectivity index (χ0n) is 13.3.